The number of hydrogen-bond acceptors (Lipinski definition) is 6. The van der Waals surface area contributed by atoms with Gasteiger partial charge in [0.2, 0.25) is 5.54 Å². The topological polar surface area (TPSA) is 81.7 Å². The third-order valence-corrected chi connectivity index (χ3v) is 4.90. The van der Waals surface area contributed by atoms with Gasteiger partial charge in [-0.2, -0.15) is 0 Å². The summed E-state index contributed by atoms with van der Waals surface area (Å²) in [6, 6.07) is 13.5. The molecule has 0 aliphatic carbocycles. The second-order valence-electron chi connectivity index (χ2n) is 6.20. The molecule has 2 aromatic rings. The lowest BCUT2D eigenvalue weighted by molar-refractivity contribution is -0.162. The van der Waals surface area contributed by atoms with Gasteiger partial charge in [0.05, 0.1) is 20.1 Å². The number of carbonyl (C=O) groups is 3. The Bertz CT molecular complexity index is 881. The molecular weight excluding hydrogens is 370 g/mol. The number of ketones is 1. The largest absolute Gasteiger partial charge is 0.467 e. The Hall–Kier alpha value is -2.86. The Balaban J connectivity index is 2.30. The summed E-state index contributed by atoms with van der Waals surface area (Å²) in [5, 5.41) is 3.40. The first-order valence-electron chi connectivity index (χ1n) is 8.25. The zero-order valence-electron chi connectivity index (χ0n) is 14.8. The summed E-state index contributed by atoms with van der Waals surface area (Å²) in [5.74, 6) is -3.27. The summed E-state index contributed by atoms with van der Waals surface area (Å²) in [5.41, 5.74) is -0.518. The molecule has 0 amide bonds. The number of anilines is 1. The second kappa shape index (κ2) is 7.40. The molecule has 1 N–H and O–H groups in total. The van der Waals surface area contributed by atoms with Crippen LogP contribution in [0.15, 0.2) is 48.5 Å². The van der Waals surface area contributed by atoms with Crippen molar-refractivity contribution in [2.24, 2.45) is 0 Å². The number of esters is 2. The van der Waals surface area contributed by atoms with Crippen molar-refractivity contribution in [2.45, 2.75) is 17.9 Å². The first-order valence-corrected chi connectivity index (χ1v) is 8.63. The van der Waals surface area contributed by atoms with Crippen molar-refractivity contribution in [3.63, 3.8) is 0 Å². The van der Waals surface area contributed by atoms with Crippen molar-refractivity contribution in [1.82, 2.24) is 0 Å². The number of methoxy groups -OCH3 is 2. The van der Waals surface area contributed by atoms with Crippen molar-refractivity contribution in [1.29, 1.82) is 0 Å². The summed E-state index contributed by atoms with van der Waals surface area (Å²) < 4.78 is 9.86. The van der Waals surface area contributed by atoms with E-state index in [1.807, 2.05) is 0 Å². The van der Waals surface area contributed by atoms with Crippen molar-refractivity contribution >= 4 is 35.0 Å². The van der Waals surface area contributed by atoms with Crippen molar-refractivity contribution in [2.75, 3.05) is 19.5 Å². The molecule has 3 rings (SSSR count). The van der Waals surface area contributed by atoms with Crippen LogP contribution in [0.3, 0.4) is 0 Å². The molecule has 0 spiro atoms. The molecule has 0 aromatic heterocycles. The summed E-state index contributed by atoms with van der Waals surface area (Å²) in [6.07, 6.45) is -0.00179. The van der Waals surface area contributed by atoms with Gasteiger partial charge in [0.15, 0.2) is 0 Å². The molecule has 0 radical (unpaired) electrons. The van der Waals surface area contributed by atoms with E-state index in [4.69, 9.17) is 21.1 Å². The van der Waals surface area contributed by atoms with Gasteiger partial charge in [0.1, 0.15) is 5.78 Å². The van der Waals surface area contributed by atoms with Crippen LogP contribution in [0.5, 0.6) is 0 Å². The van der Waals surface area contributed by atoms with E-state index in [1.165, 1.54) is 0 Å². The molecule has 140 valence electrons. The Kier molecular flexibility index (Phi) is 5.19. The zero-order chi connectivity index (χ0) is 19.6. The highest BCUT2D eigenvalue weighted by atomic mass is 35.5. The average Bonchev–Trinajstić information content (AvgIpc) is 2.81. The molecular formula is C20H18ClNO5. The minimum Gasteiger partial charge on any atom is -0.467 e. The fourth-order valence-electron chi connectivity index (χ4n) is 3.47. The van der Waals surface area contributed by atoms with E-state index in [2.05, 4.69) is 5.32 Å². The third-order valence-electron chi connectivity index (χ3n) is 4.67. The maximum Gasteiger partial charge on any atom is 0.344 e. The van der Waals surface area contributed by atoms with Crippen molar-refractivity contribution in [3.05, 3.63) is 64.7 Å². The Morgan fingerprint density at radius 3 is 2.30 bits per heavy atom. The Labute approximate surface area is 161 Å². The van der Waals surface area contributed by atoms with E-state index in [1.54, 1.807) is 48.5 Å². The molecule has 1 heterocycles. The molecule has 1 unspecified atom stereocenters. The molecule has 7 heteroatoms. The van der Waals surface area contributed by atoms with Gasteiger partial charge in [-0.05, 0) is 29.3 Å². The maximum atomic E-state index is 13.2. The fraction of sp³-hybridized carbons (Fsp3) is 0.250. The fourth-order valence-corrected chi connectivity index (χ4v) is 3.67. The quantitative estimate of drug-likeness (QED) is 0.644. The number of benzene rings is 2. The van der Waals surface area contributed by atoms with Crippen LogP contribution in [0.25, 0.3) is 0 Å². The van der Waals surface area contributed by atoms with Gasteiger partial charge in [0, 0.05) is 17.1 Å². The number of nitrogens with one attached hydrogen (secondary N) is 1. The van der Waals surface area contributed by atoms with Gasteiger partial charge in [-0.25, -0.2) is 9.59 Å². The van der Waals surface area contributed by atoms with E-state index < -0.39 is 23.4 Å². The minimum absolute atomic E-state index is 0.00179. The summed E-state index contributed by atoms with van der Waals surface area (Å²) >= 11 is 6.06. The lowest BCUT2D eigenvalue weighted by atomic mass is 9.76. The first-order chi connectivity index (χ1) is 12.9. The van der Waals surface area contributed by atoms with Crippen LogP contribution >= 0.6 is 11.6 Å². The van der Waals surface area contributed by atoms with E-state index in [0.717, 1.165) is 14.2 Å². The maximum absolute atomic E-state index is 13.2. The van der Waals surface area contributed by atoms with Gasteiger partial charge in [-0.15, -0.1) is 0 Å². The highest BCUT2D eigenvalue weighted by Gasteiger charge is 2.59. The Morgan fingerprint density at radius 1 is 1.07 bits per heavy atom. The van der Waals surface area contributed by atoms with Gasteiger partial charge in [-0.3, -0.25) is 4.79 Å². The van der Waals surface area contributed by atoms with Crippen LogP contribution in [0.4, 0.5) is 5.69 Å². The monoisotopic (exact) mass is 387 g/mol. The number of Topliss-reactive ketones (excluding diaryl/α,β-unsaturated/α-hetero) is 1. The predicted molar refractivity (Wildman–Crippen MR) is 99.7 cm³/mol. The van der Waals surface area contributed by atoms with Crippen LogP contribution in [0.1, 0.15) is 17.0 Å². The summed E-state index contributed by atoms with van der Waals surface area (Å²) in [6.45, 7) is 0. The van der Waals surface area contributed by atoms with Crippen molar-refractivity contribution in [3.8, 4) is 0 Å². The minimum atomic E-state index is -2.05. The van der Waals surface area contributed by atoms with Crippen LogP contribution in [-0.4, -0.2) is 37.5 Å². The van der Waals surface area contributed by atoms with Gasteiger partial charge < -0.3 is 14.8 Å². The number of ether oxygens (including phenoxy) is 2. The number of hydrogen-bond donors (Lipinski definition) is 1. The van der Waals surface area contributed by atoms with Gasteiger partial charge in [-0.1, -0.05) is 41.9 Å². The van der Waals surface area contributed by atoms with Gasteiger partial charge >= 0.3 is 11.9 Å². The molecule has 0 saturated heterocycles. The molecule has 1 aliphatic heterocycles. The van der Waals surface area contributed by atoms with Crippen molar-refractivity contribution < 1.29 is 23.9 Å². The molecule has 27 heavy (non-hydrogen) atoms. The normalized spacial score (nSPS) is 17.9. The lowest BCUT2D eigenvalue weighted by Crippen LogP contribution is -2.60. The molecule has 0 saturated carbocycles. The summed E-state index contributed by atoms with van der Waals surface area (Å²) in [7, 11) is 2.32. The van der Waals surface area contributed by atoms with Gasteiger partial charge in [0.25, 0.3) is 0 Å². The van der Waals surface area contributed by atoms with E-state index in [0.29, 0.717) is 21.8 Å². The average molecular weight is 388 g/mol. The van der Waals surface area contributed by atoms with E-state index in [-0.39, 0.29) is 12.2 Å². The predicted octanol–water partition coefficient (Wildman–Crippen LogP) is 2.75. The number of halogens is 1. The molecule has 0 bridgehead atoms. The molecule has 0 fully saturated rings. The van der Waals surface area contributed by atoms with Crippen LogP contribution in [0.2, 0.25) is 5.02 Å². The smallest absolute Gasteiger partial charge is 0.344 e. The van der Waals surface area contributed by atoms with Crippen LogP contribution < -0.4 is 5.32 Å². The second-order valence-corrected chi connectivity index (χ2v) is 6.64. The molecule has 1 atom stereocenters. The number of rotatable bonds is 3. The molecule has 1 aliphatic rings. The number of fused-ring (bicyclic) bond motifs is 1. The highest BCUT2D eigenvalue weighted by molar-refractivity contribution is 6.30. The SMILES string of the molecule is COC(=O)C1(C(=O)OC)Nc2ccc(Cl)cc2CC(=O)C1c1ccccc1. The van der Waals surface area contributed by atoms with E-state index >= 15 is 0 Å². The molecule has 6 nitrogen and oxygen atoms in total. The van der Waals surface area contributed by atoms with Crippen LogP contribution in [0, 0.1) is 0 Å². The molecule has 2 aromatic carbocycles. The summed E-state index contributed by atoms with van der Waals surface area (Å²) in [4.78, 5) is 39.0. The standard InChI is InChI=1S/C20H18ClNO5/c1-26-18(24)20(19(25)27-2)17(12-6-4-3-5-7-12)16(23)11-13-10-14(21)8-9-15(13)22-20/h3-10,17,22H,11H2,1-2H3. The first kappa shape index (κ1) is 18.9. The van der Waals surface area contributed by atoms with Crippen LogP contribution in [-0.2, 0) is 30.3 Å². The Morgan fingerprint density at radius 2 is 1.70 bits per heavy atom. The van der Waals surface area contributed by atoms with E-state index in [9.17, 15) is 14.4 Å². The lowest BCUT2D eigenvalue weighted by Gasteiger charge is -2.35. The number of carbonyl (C=O) groups excluding carboxylic acids is 3. The highest BCUT2D eigenvalue weighted by Crippen LogP contribution is 2.40. The third kappa shape index (κ3) is 3.17. The zero-order valence-corrected chi connectivity index (χ0v) is 15.6.